The number of ether oxygens (including phenoxy) is 3. The van der Waals surface area contributed by atoms with Gasteiger partial charge in [0.15, 0.2) is 11.5 Å². The Hall–Kier alpha value is -3.46. The number of hydrogen-bond donors (Lipinski definition) is 1. The molecule has 8 nitrogen and oxygen atoms in total. The summed E-state index contributed by atoms with van der Waals surface area (Å²) in [6, 6.07) is 17.3. The first-order valence-corrected chi connectivity index (χ1v) is 12.2. The number of hydrogen-bond acceptors (Lipinski definition) is 6. The van der Waals surface area contributed by atoms with Crippen LogP contribution in [0.2, 0.25) is 0 Å². The van der Waals surface area contributed by atoms with Crippen molar-refractivity contribution in [3.05, 3.63) is 60.7 Å². The third-order valence-electron chi connectivity index (χ3n) is 5.12. The number of carbonyl (C=O) groups excluding carboxylic acids is 1. The van der Waals surface area contributed by atoms with Crippen LogP contribution in [0, 0.1) is 0 Å². The molecule has 0 spiro atoms. The van der Waals surface area contributed by atoms with Gasteiger partial charge in [-0.05, 0) is 30.5 Å². The van der Waals surface area contributed by atoms with Gasteiger partial charge >= 0.3 is 0 Å². The van der Waals surface area contributed by atoms with Crippen molar-refractivity contribution in [1.29, 1.82) is 0 Å². The lowest BCUT2D eigenvalue weighted by Gasteiger charge is -2.28. The molecule has 9 heteroatoms. The Kier molecular flexibility index (Phi) is 7.65. The van der Waals surface area contributed by atoms with Crippen LogP contribution in [-0.4, -0.2) is 54.0 Å². The molecule has 0 radical (unpaired) electrons. The van der Waals surface area contributed by atoms with Crippen LogP contribution in [-0.2, 0) is 14.8 Å². The van der Waals surface area contributed by atoms with E-state index in [0.29, 0.717) is 17.2 Å². The van der Waals surface area contributed by atoms with E-state index in [9.17, 15) is 13.2 Å². The predicted octanol–water partition coefficient (Wildman–Crippen LogP) is 3.21. The Morgan fingerprint density at radius 1 is 0.970 bits per heavy atom. The molecule has 0 unspecified atom stereocenters. The van der Waals surface area contributed by atoms with Gasteiger partial charge in [0.25, 0.3) is 0 Å². The summed E-state index contributed by atoms with van der Waals surface area (Å²) in [7, 11) is -0.815. The first kappa shape index (κ1) is 24.2. The van der Waals surface area contributed by atoms with E-state index in [4.69, 9.17) is 14.2 Å². The van der Waals surface area contributed by atoms with E-state index in [1.54, 1.807) is 12.1 Å². The van der Waals surface area contributed by atoms with Crippen LogP contribution < -0.4 is 23.8 Å². The average Bonchev–Trinajstić information content (AvgIpc) is 2.80. The monoisotopic (exact) mass is 472 g/mol. The second kappa shape index (κ2) is 10.4. The molecule has 3 aromatic carbocycles. The summed E-state index contributed by atoms with van der Waals surface area (Å²) in [6.07, 6.45) is 1.05. The van der Waals surface area contributed by atoms with Crippen molar-refractivity contribution in [2.24, 2.45) is 0 Å². The zero-order valence-electron chi connectivity index (χ0n) is 19.1. The van der Waals surface area contributed by atoms with Gasteiger partial charge in [0.2, 0.25) is 15.9 Å². The third-order valence-corrected chi connectivity index (χ3v) is 6.36. The minimum Gasteiger partial charge on any atom is -0.493 e. The van der Waals surface area contributed by atoms with E-state index >= 15 is 0 Å². The fraction of sp³-hybridized carbons (Fsp3) is 0.292. The summed E-state index contributed by atoms with van der Waals surface area (Å²) in [5.74, 6) is 1.09. The van der Waals surface area contributed by atoms with Crippen molar-refractivity contribution in [2.75, 3.05) is 37.9 Å². The minimum atomic E-state index is -3.76. The fourth-order valence-electron chi connectivity index (χ4n) is 3.58. The SMILES string of the molecule is COc1ccc(N([C@@H](C)C(=O)NCCOc2cccc3ccccc23)S(C)(=O)=O)cc1OC. The molecule has 0 aliphatic carbocycles. The fourth-order valence-corrected chi connectivity index (χ4v) is 4.74. The number of fused-ring (bicyclic) bond motifs is 1. The number of nitrogens with one attached hydrogen (secondary N) is 1. The number of rotatable bonds is 10. The molecule has 176 valence electrons. The standard InChI is InChI=1S/C24H28N2O6S/c1-17(26(33(4,28)29)19-12-13-22(30-2)23(16-19)31-3)24(27)25-14-15-32-21-11-7-9-18-8-5-6-10-20(18)21/h5-13,16-17H,14-15H2,1-4H3,(H,25,27)/t17-/m0/s1. The van der Waals surface area contributed by atoms with Crippen LogP contribution in [0.3, 0.4) is 0 Å². The Morgan fingerprint density at radius 2 is 1.67 bits per heavy atom. The van der Waals surface area contributed by atoms with E-state index in [2.05, 4.69) is 5.32 Å². The summed E-state index contributed by atoms with van der Waals surface area (Å²) >= 11 is 0. The van der Waals surface area contributed by atoms with Crippen molar-refractivity contribution in [1.82, 2.24) is 5.32 Å². The van der Waals surface area contributed by atoms with Crippen molar-refractivity contribution in [3.63, 3.8) is 0 Å². The number of methoxy groups -OCH3 is 2. The number of nitrogens with zero attached hydrogens (tertiary/aromatic N) is 1. The highest BCUT2D eigenvalue weighted by Crippen LogP contribution is 2.33. The molecule has 1 N–H and O–H groups in total. The van der Waals surface area contributed by atoms with Crippen molar-refractivity contribution < 1.29 is 27.4 Å². The molecule has 3 rings (SSSR count). The maximum Gasteiger partial charge on any atom is 0.243 e. The second-order valence-electron chi connectivity index (χ2n) is 7.39. The number of amides is 1. The van der Waals surface area contributed by atoms with Crippen LogP contribution in [0.25, 0.3) is 10.8 Å². The molecule has 0 aliphatic rings. The van der Waals surface area contributed by atoms with Crippen molar-refractivity contribution in [3.8, 4) is 17.2 Å². The Balaban J connectivity index is 1.67. The maximum atomic E-state index is 12.8. The van der Waals surface area contributed by atoms with Gasteiger partial charge in [-0.25, -0.2) is 8.42 Å². The van der Waals surface area contributed by atoms with Crippen LogP contribution in [0.5, 0.6) is 17.2 Å². The lowest BCUT2D eigenvalue weighted by atomic mass is 10.1. The molecule has 0 aromatic heterocycles. The van der Waals surface area contributed by atoms with Crippen molar-refractivity contribution >= 4 is 32.4 Å². The molecular weight excluding hydrogens is 444 g/mol. The molecule has 0 fully saturated rings. The molecule has 3 aromatic rings. The lowest BCUT2D eigenvalue weighted by molar-refractivity contribution is -0.121. The van der Waals surface area contributed by atoms with Crippen LogP contribution in [0.15, 0.2) is 60.7 Å². The van der Waals surface area contributed by atoms with Crippen LogP contribution in [0.1, 0.15) is 6.92 Å². The molecule has 0 saturated carbocycles. The predicted molar refractivity (Wildman–Crippen MR) is 129 cm³/mol. The summed E-state index contributed by atoms with van der Waals surface area (Å²) < 4.78 is 42.4. The van der Waals surface area contributed by atoms with Gasteiger partial charge in [-0.15, -0.1) is 0 Å². The zero-order valence-corrected chi connectivity index (χ0v) is 19.9. The van der Waals surface area contributed by atoms with E-state index < -0.39 is 22.0 Å². The number of carbonyl (C=O) groups is 1. The Labute approximate surface area is 194 Å². The smallest absolute Gasteiger partial charge is 0.243 e. The number of sulfonamides is 1. The molecule has 33 heavy (non-hydrogen) atoms. The molecular formula is C24H28N2O6S. The number of benzene rings is 3. The van der Waals surface area contributed by atoms with Gasteiger partial charge in [-0.2, -0.15) is 0 Å². The van der Waals surface area contributed by atoms with Gasteiger partial charge in [-0.1, -0.05) is 36.4 Å². The highest BCUT2D eigenvalue weighted by atomic mass is 32.2. The average molecular weight is 473 g/mol. The van der Waals surface area contributed by atoms with E-state index in [-0.39, 0.29) is 13.2 Å². The van der Waals surface area contributed by atoms with Crippen LogP contribution >= 0.6 is 0 Å². The van der Waals surface area contributed by atoms with E-state index in [1.807, 2.05) is 42.5 Å². The molecule has 0 bridgehead atoms. The molecule has 0 heterocycles. The summed E-state index contributed by atoms with van der Waals surface area (Å²) in [4.78, 5) is 12.8. The van der Waals surface area contributed by atoms with Crippen molar-refractivity contribution in [2.45, 2.75) is 13.0 Å². The second-order valence-corrected chi connectivity index (χ2v) is 9.25. The quantitative estimate of drug-likeness (QED) is 0.456. The topological polar surface area (TPSA) is 94.2 Å². The highest BCUT2D eigenvalue weighted by molar-refractivity contribution is 7.92. The Bertz CT molecular complexity index is 1220. The van der Waals surface area contributed by atoms with Crippen LogP contribution in [0.4, 0.5) is 5.69 Å². The largest absolute Gasteiger partial charge is 0.493 e. The lowest BCUT2D eigenvalue weighted by Crippen LogP contribution is -2.48. The number of anilines is 1. The highest BCUT2D eigenvalue weighted by Gasteiger charge is 2.29. The molecule has 0 saturated heterocycles. The molecule has 0 aliphatic heterocycles. The van der Waals surface area contributed by atoms with Gasteiger partial charge in [0, 0.05) is 11.5 Å². The summed E-state index contributed by atoms with van der Waals surface area (Å²) in [5.41, 5.74) is 0.296. The molecule has 1 amide bonds. The summed E-state index contributed by atoms with van der Waals surface area (Å²) in [5, 5.41) is 4.79. The third kappa shape index (κ3) is 5.67. The first-order chi connectivity index (χ1) is 15.8. The van der Waals surface area contributed by atoms with Gasteiger partial charge < -0.3 is 19.5 Å². The van der Waals surface area contributed by atoms with Gasteiger partial charge in [0.05, 0.1) is 32.7 Å². The first-order valence-electron chi connectivity index (χ1n) is 10.4. The normalized spacial score (nSPS) is 12.1. The van der Waals surface area contributed by atoms with Gasteiger partial charge in [-0.3, -0.25) is 9.10 Å². The Morgan fingerprint density at radius 3 is 2.36 bits per heavy atom. The van der Waals surface area contributed by atoms with E-state index in [0.717, 1.165) is 27.1 Å². The maximum absolute atomic E-state index is 12.8. The minimum absolute atomic E-state index is 0.218. The molecule has 1 atom stereocenters. The van der Waals surface area contributed by atoms with Gasteiger partial charge in [0.1, 0.15) is 18.4 Å². The zero-order chi connectivity index (χ0) is 24.0. The van der Waals surface area contributed by atoms with E-state index in [1.165, 1.54) is 27.2 Å². The summed E-state index contributed by atoms with van der Waals surface area (Å²) in [6.45, 7) is 1.98.